The van der Waals surface area contributed by atoms with Gasteiger partial charge < -0.3 is 15.5 Å². The molecule has 0 bridgehead atoms. The second kappa shape index (κ2) is 9.31. The molecular weight excluding hydrogens is 337 g/mol. The van der Waals surface area contributed by atoms with Crippen molar-refractivity contribution in [3.05, 3.63) is 65.0 Å². The Balaban J connectivity index is 1.69. The molecule has 0 fully saturated rings. The summed E-state index contributed by atoms with van der Waals surface area (Å²) < 4.78 is 12.8. The number of benzene rings is 2. The fraction of sp³-hybridized carbons (Fsp3) is 0.211. The number of halogens is 1. The van der Waals surface area contributed by atoms with Crippen LogP contribution < -0.4 is 10.6 Å². The third-order valence-electron chi connectivity index (χ3n) is 3.48. The Morgan fingerprint density at radius 2 is 1.88 bits per heavy atom. The quantitative estimate of drug-likeness (QED) is 0.591. The lowest BCUT2D eigenvalue weighted by Crippen LogP contribution is -2.26. The summed E-state index contributed by atoms with van der Waals surface area (Å²) in [6.07, 6.45) is 0.965. The van der Waals surface area contributed by atoms with Gasteiger partial charge in [-0.2, -0.15) is 0 Å². The predicted molar refractivity (Wildman–Crippen MR) is 97.2 cm³/mol. The first-order chi connectivity index (χ1) is 12.4. The number of carbonyl (C=O) groups is 2. The summed E-state index contributed by atoms with van der Waals surface area (Å²) in [4.78, 5) is 28.2. The number of nitrogens with zero attached hydrogens (tertiary/aromatic N) is 1. The van der Waals surface area contributed by atoms with Crippen LogP contribution >= 0.6 is 0 Å². The lowest BCUT2D eigenvalue weighted by molar-refractivity contribution is -0.126. The van der Waals surface area contributed by atoms with Gasteiger partial charge in [0.15, 0.2) is 6.61 Å². The molecule has 0 atom stereocenters. The number of hydrogen-bond acceptors (Lipinski definition) is 4. The van der Waals surface area contributed by atoms with Crippen molar-refractivity contribution < 1.29 is 18.8 Å². The molecule has 2 rings (SSSR count). The van der Waals surface area contributed by atoms with Gasteiger partial charge in [0, 0.05) is 12.2 Å². The van der Waals surface area contributed by atoms with Crippen LogP contribution in [-0.4, -0.2) is 24.6 Å². The number of hydrogen-bond donors (Lipinski definition) is 2. The van der Waals surface area contributed by atoms with E-state index in [1.807, 2.05) is 26.0 Å². The lowest BCUT2D eigenvalue weighted by atomic mass is 10.1. The molecule has 0 saturated carbocycles. The molecule has 0 radical (unpaired) electrons. The Morgan fingerprint density at radius 1 is 1.15 bits per heavy atom. The molecule has 2 aromatic rings. The number of rotatable bonds is 7. The zero-order valence-corrected chi connectivity index (χ0v) is 14.6. The lowest BCUT2D eigenvalue weighted by Gasteiger charge is -2.07. The molecule has 0 aliphatic carbocycles. The monoisotopic (exact) mass is 357 g/mol. The Labute approximate surface area is 151 Å². The van der Waals surface area contributed by atoms with Crippen LogP contribution in [0.4, 0.5) is 10.1 Å². The fourth-order valence-corrected chi connectivity index (χ4v) is 2.15. The van der Waals surface area contributed by atoms with Crippen LogP contribution in [0.15, 0.2) is 47.6 Å². The maximum atomic E-state index is 12.8. The summed E-state index contributed by atoms with van der Waals surface area (Å²) in [5.41, 5.74) is 3.48. The van der Waals surface area contributed by atoms with Crippen LogP contribution in [0.25, 0.3) is 0 Å². The summed E-state index contributed by atoms with van der Waals surface area (Å²) >= 11 is 0. The topological polar surface area (TPSA) is 79.8 Å². The van der Waals surface area contributed by atoms with Crippen molar-refractivity contribution in [1.82, 2.24) is 5.32 Å². The van der Waals surface area contributed by atoms with E-state index < -0.39 is 11.8 Å². The van der Waals surface area contributed by atoms with Crippen molar-refractivity contribution in [2.45, 2.75) is 20.4 Å². The Morgan fingerprint density at radius 3 is 2.58 bits per heavy atom. The van der Waals surface area contributed by atoms with Gasteiger partial charge in [-0.1, -0.05) is 35.0 Å². The largest absolute Gasteiger partial charge is 0.386 e. The van der Waals surface area contributed by atoms with E-state index in [0.717, 1.165) is 22.9 Å². The molecule has 0 aliphatic rings. The minimum atomic E-state index is -0.455. The summed E-state index contributed by atoms with van der Waals surface area (Å²) in [6.45, 7) is 3.78. The minimum absolute atomic E-state index is 0.249. The van der Waals surface area contributed by atoms with Crippen molar-refractivity contribution >= 4 is 23.7 Å². The van der Waals surface area contributed by atoms with Crippen molar-refractivity contribution in [1.29, 1.82) is 0 Å². The van der Waals surface area contributed by atoms with E-state index >= 15 is 0 Å². The highest BCUT2D eigenvalue weighted by Gasteiger charge is 2.04. The van der Waals surface area contributed by atoms with Crippen LogP contribution in [-0.2, 0) is 21.0 Å². The second-order valence-electron chi connectivity index (χ2n) is 5.72. The molecule has 2 aromatic carbocycles. The summed E-state index contributed by atoms with van der Waals surface area (Å²) in [7, 11) is 0. The Bertz CT molecular complexity index is 804. The minimum Gasteiger partial charge on any atom is -0.386 e. The summed E-state index contributed by atoms with van der Waals surface area (Å²) in [5.74, 6) is -1.19. The predicted octanol–water partition coefficient (Wildman–Crippen LogP) is 2.70. The highest BCUT2D eigenvalue weighted by molar-refractivity contribution is 6.31. The van der Waals surface area contributed by atoms with Crippen LogP contribution in [0.3, 0.4) is 0 Å². The molecule has 6 nitrogen and oxygen atoms in total. The number of anilines is 1. The van der Waals surface area contributed by atoms with Crippen LogP contribution in [0.1, 0.15) is 16.7 Å². The maximum absolute atomic E-state index is 12.8. The molecule has 0 saturated heterocycles. The number of amides is 2. The molecule has 7 heteroatoms. The van der Waals surface area contributed by atoms with Gasteiger partial charge in [-0.15, -0.1) is 0 Å². The van der Waals surface area contributed by atoms with E-state index in [4.69, 9.17) is 4.84 Å². The number of carbonyl (C=O) groups excluding carboxylic acids is 2. The SMILES string of the molecule is Cc1ccc(NC(=O)/C=N\OCC(=O)NCc2ccc(F)cc2)c(C)c1. The van der Waals surface area contributed by atoms with E-state index in [2.05, 4.69) is 15.8 Å². The zero-order valence-electron chi connectivity index (χ0n) is 14.6. The van der Waals surface area contributed by atoms with E-state index in [1.54, 1.807) is 18.2 Å². The van der Waals surface area contributed by atoms with Gasteiger partial charge in [0.1, 0.15) is 12.0 Å². The van der Waals surface area contributed by atoms with Gasteiger partial charge in [-0.25, -0.2) is 4.39 Å². The molecule has 0 unspecified atom stereocenters. The highest BCUT2D eigenvalue weighted by Crippen LogP contribution is 2.15. The highest BCUT2D eigenvalue weighted by atomic mass is 19.1. The molecule has 0 aromatic heterocycles. The van der Waals surface area contributed by atoms with Crippen LogP contribution in [0.2, 0.25) is 0 Å². The van der Waals surface area contributed by atoms with Crippen LogP contribution in [0.5, 0.6) is 0 Å². The van der Waals surface area contributed by atoms with Crippen molar-refractivity contribution in [2.75, 3.05) is 11.9 Å². The van der Waals surface area contributed by atoms with Crippen molar-refractivity contribution in [3.8, 4) is 0 Å². The average Bonchev–Trinajstić information content (AvgIpc) is 2.61. The second-order valence-corrected chi connectivity index (χ2v) is 5.72. The number of oxime groups is 1. The molecular formula is C19H20FN3O3. The Hall–Kier alpha value is -3.22. The van der Waals surface area contributed by atoms with Gasteiger partial charge in [-0.05, 0) is 43.2 Å². The number of aryl methyl sites for hydroxylation is 2. The third-order valence-corrected chi connectivity index (χ3v) is 3.48. The first kappa shape index (κ1) is 19.1. The van der Waals surface area contributed by atoms with Gasteiger partial charge >= 0.3 is 0 Å². The molecule has 26 heavy (non-hydrogen) atoms. The molecule has 2 N–H and O–H groups in total. The van der Waals surface area contributed by atoms with Gasteiger partial charge in [-0.3, -0.25) is 9.59 Å². The van der Waals surface area contributed by atoms with E-state index in [1.165, 1.54) is 12.1 Å². The molecule has 0 spiro atoms. The fourth-order valence-electron chi connectivity index (χ4n) is 2.15. The van der Waals surface area contributed by atoms with Gasteiger partial charge in [0.25, 0.3) is 11.8 Å². The smallest absolute Gasteiger partial charge is 0.270 e. The van der Waals surface area contributed by atoms with E-state index in [0.29, 0.717) is 5.69 Å². The van der Waals surface area contributed by atoms with Crippen molar-refractivity contribution in [2.24, 2.45) is 5.16 Å². The molecule has 136 valence electrons. The maximum Gasteiger partial charge on any atom is 0.270 e. The first-order valence-electron chi connectivity index (χ1n) is 7.99. The van der Waals surface area contributed by atoms with E-state index in [9.17, 15) is 14.0 Å². The summed E-state index contributed by atoms with van der Waals surface area (Å²) in [5, 5.41) is 8.75. The third kappa shape index (κ3) is 6.35. The standard InChI is InChI=1S/C19H20FN3O3/c1-13-3-8-17(14(2)9-13)23-18(24)11-22-26-12-19(25)21-10-15-4-6-16(20)7-5-15/h3-9,11H,10,12H2,1-2H3,(H,21,25)(H,23,24)/b22-11-. The zero-order chi connectivity index (χ0) is 18.9. The molecule has 0 aliphatic heterocycles. The number of nitrogens with one attached hydrogen (secondary N) is 2. The first-order valence-corrected chi connectivity index (χ1v) is 7.99. The normalized spacial score (nSPS) is 10.6. The summed E-state index contributed by atoms with van der Waals surface area (Å²) in [6, 6.07) is 11.4. The average molecular weight is 357 g/mol. The molecule has 0 heterocycles. The van der Waals surface area contributed by atoms with Crippen LogP contribution in [0, 0.1) is 19.7 Å². The van der Waals surface area contributed by atoms with Gasteiger partial charge in [0.2, 0.25) is 0 Å². The van der Waals surface area contributed by atoms with E-state index in [-0.39, 0.29) is 19.0 Å². The van der Waals surface area contributed by atoms with Gasteiger partial charge in [0.05, 0.1) is 0 Å². The Kier molecular flexibility index (Phi) is 6.84. The van der Waals surface area contributed by atoms with Crippen molar-refractivity contribution in [3.63, 3.8) is 0 Å². The molecule has 2 amide bonds.